The van der Waals surface area contributed by atoms with Crippen molar-refractivity contribution in [1.29, 1.82) is 0 Å². The fourth-order valence-electron chi connectivity index (χ4n) is 2.74. The maximum atomic E-state index is 13.1. The largest absolute Gasteiger partial charge is 0.344 e. The van der Waals surface area contributed by atoms with Crippen LogP contribution in [0.3, 0.4) is 0 Å². The Morgan fingerprint density at radius 2 is 1.47 bits per heavy atom. The Labute approximate surface area is 181 Å². The molecule has 0 bridgehead atoms. The summed E-state index contributed by atoms with van der Waals surface area (Å²) in [6.45, 7) is 0. The molecule has 0 saturated carbocycles. The molecular weight excluding hydrogens is 444 g/mol. The summed E-state index contributed by atoms with van der Waals surface area (Å²) >= 11 is 5.91. The zero-order chi connectivity index (χ0) is 21.1. The number of hydrogen-bond donors (Lipinski definition) is 1. The number of nitrogens with one attached hydrogen (secondary N) is 1. The van der Waals surface area contributed by atoms with Crippen LogP contribution in [-0.2, 0) is 20.8 Å². The van der Waals surface area contributed by atoms with Gasteiger partial charge >= 0.3 is 0 Å². The first-order valence-electron chi connectivity index (χ1n) is 8.76. The van der Waals surface area contributed by atoms with Gasteiger partial charge in [0.05, 0.1) is 4.90 Å². The molecule has 1 N–H and O–H groups in total. The normalized spacial score (nSPS) is 12.4. The van der Waals surface area contributed by atoms with Crippen molar-refractivity contribution < 1.29 is 17.1 Å². The van der Waals surface area contributed by atoms with Crippen LogP contribution in [-0.4, -0.2) is 17.8 Å². The molecule has 152 valence electrons. The molecule has 0 radical (unpaired) electrons. The highest BCUT2D eigenvalue weighted by Gasteiger charge is 2.27. The fourth-order valence-corrected chi connectivity index (χ4v) is 5.06. The van der Waals surface area contributed by atoms with Gasteiger partial charge in [0.2, 0.25) is 0 Å². The van der Waals surface area contributed by atoms with Crippen LogP contribution in [0.2, 0.25) is 5.02 Å². The summed E-state index contributed by atoms with van der Waals surface area (Å²) < 4.78 is 46.9. The smallest absolute Gasteiger partial charge is 0.262 e. The topological polar surface area (TPSA) is 89.3 Å². The van der Waals surface area contributed by atoms with E-state index in [1.54, 1.807) is 66.7 Å². The van der Waals surface area contributed by atoms with Gasteiger partial charge in [-0.2, -0.15) is 0 Å². The Bertz CT molecular complexity index is 1290. The van der Waals surface area contributed by atoms with E-state index in [9.17, 15) is 12.6 Å². The summed E-state index contributed by atoms with van der Waals surface area (Å²) in [4.78, 5) is 0.462. The van der Waals surface area contributed by atoms with Gasteiger partial charge in [0.25, 0.3) is 15.1 Å². The number of aromatic nitrogens is 1. The molecule has 4 rings (SSSR count). The number of halogens is 1. The molecule has 1 atom stereocenters. The zero-order valence-corrected chi connectivity index (χ0v) is 17.7. The minimum absolute atomic E-state index is 0.0262. The molecule has 0 aliphatic heterocycles. The molecule has 9 heteroatoms. The average Bonchev–Trinajstić information content (AvgIpc) is 3.18. The molecular formula is C21H15ClN2O4S2. The second-order valence-corrected chi connectivity index (χ2v) is 9.70. The van der Waals surface area contributed by atoms with E-state index in [2.05, 4.69) is 9.88 Å². The molecule has 0 fully saturated rings. The lowest BCUT2D eigenvalue weighted by Gasteiger charge is -2.09. The predicted molar refractivity (Wildman–Crippen MR) is 115 cm³/mol. The number of anilines is 1. The summed E-state index contributed by atoms with van der Waals surface area (Å²) in [5.41, 5.74) is 0.886. The van der Waals surface area contributed by atoms with Crippen molar-refractivity contribution >= 4 is 38.1 Å². The Morgan fingerprint density at radius 1 is 0.867 bits per heavy atom. The number of hydrogen-bond acceptors (Lipinski definition) is 5. The number of sulfonamides is 1. The first kappa shape index (κ1) is 20.3. The molecule has 3 aromatic carbocycles. The predicted octanol–water partition coefficient (Wildman–Crippen LogP) is 4.96. The van der Waals surface area contributed by atoms with Crippen LogP contribution in [0.4, 0.5) is 5.69 Å². The molecule has 0 aliphatic rings. The van der Waals surface area contributed by atoms with E-state index >= 15 is 0 Å². The number of rotatable bonds is 6. The van der Waals surface area contributed by atoms with E-state index < -0.39 is 20.8 Å². The lowest BCUT2D eigenvalue weighted by molar-refractivity contribution is 0.348. The highest BCUT2D eigenvalue weighted by atomic mass is 35.5. The average molecular weight is 459 g/mol. The molecule has 1 aromatic heterocycles. The fraction of sp³-hybridized carbons (Fsp3) is 0. The summed E-state index contributed by atoms with van der Waals surface area (Å²) in [5, 5.41) is 4.40. The van der Waals surface area contributed by atoms with Crippen molar-refractivity contribution in [2.45, 2.75) is 14.9 Å². The van der Waals surface area contributed by atoms with E-state index in [4.69, 9.17) is 16.1 Å². The van der Waals surface area contributed by atoms with Gasteiger partial charge in [0, 0.05) is 15.5 Å². The summed E-state index contributed by atoms with van der Waals surface area (Å²) in [6, 6.07) is 23.2. The number of nitrogens with zero attached hydrogens (tertiary/aromatic N) is 1. The van der Waals surface area contributed by atoms with Crippen LogP contribution in [0.5, 0.6) is 0 Å². The van der Waals surface area contributed by atoms with Crippen molar-refractivity contribution in [1.82, 2.24) is 5.16 Å². The Morgan fingerprint density at radius 3 is 2.10 bits per heavy atom. The second kappa shape index (κ2) is 8.43. The van der Waals surface area contributed by atoms with Gasteiger partial charge in [0.1, 0.15) is 22.2 Å². The van der Waals surface area contributed by atoms with Crippen molar-refractivity contribution in [2.75, 3.05) is 4.72 Å². The third-order valence-corrected chi connectivity index (χ3v) is 7.13. The summed E-state index contributed by atoms with van der Waals surface area (Å²) in [7, 11) is -5.79. The standard InChI is InChI=1S/C21H15ClN2O4S2/c22-16-11-13-17(14-12-16)29(25)21-20(19(23-28-21)15-7-3-1-4-8-15)24-30(26,27)18-9-5-2-6-10-18/h1-14,24H. The minimum Gasteiger partial charge on any atom is -0.344 e. The monoisotopic (exact) mass is 458 g/mol. The van der Waals surface area contributed by atoms with Gasteiger partial charge in [-0.15, -0.1) is 0 Å². The van der Waals surface area contributed by atoms with Crippen molar-refractivity contribution in [3.8, 4) is 11.3 Å². The van der Waals surface area contributed by atoms with Crippen LogP contribution in [0.25, 0.3) is 11.3 Å². The van der Waals surface area contributed by atoms with E-state index in [0.29, 0.717) is 15.5 Å². The maximum Gasteiger partial charge on any atom is 0.262 e. The van der Waals surface area contributed by atoms with E-state index in [0.717, 1.165) is 0 Å². The first-order valence-corrected chi connectivity index (χ1v) is 11.8. The minimum atomic E-state index is -3.96. The lowest BCUT2D eigenvalue weighted by Crippen LogP contribution is -2.14. The molecule has 0 spiro atoms. The Balaban J connectivity index is 1.83. The SMILES string of the molecule is O=S(c1ccc(Cl)cc1)c1onc(-c2ccccc2)c1NS(=O)(=O)c1ccccc1. The van der Waals surface area contributed by atoms with E-state index in [1.165, 1.54) is 12.1 Å². The van der Waals surface area contributed by atoms with Gasteiger partial charge in [0.15, 0.2) is 0 Å². The van der Waals surface area contributed by atoms with Crippen LogP contribution < -0.4 is 4.72 Å². The molecule has 0 saturated heterocycles. The van der Waals surface area contributed by atoms with Gasteiger partial charge < -0.3 is 4.52 Å². The van der Waals surface area contributed by atoms with Crippen molar-refractivity contribution in [2.24, 2.45) is 0 Å². The quantitative estimate of drug-likeness (QED) is 0.441. The third-order valence-electron chi connectivity index (χ3n) is 4.19. The molecule has 30 heavy (non-hydrogen) atoms. The van der Waals surface area contributed by atoms with Crippen LogP contribution in [0.1, 0.15) is 0 Å². The Hall–Kier alpha value is -2.94. The molecule has 0 aliphatic carbocycles. The first-order chi connectivity index (χ1) is 14.5. The van der Waals surface area contributed by atoms with Gasteiger partial charge in [-0.1, -0.05) is 65.3 Å². The van der Waals surface area contributed by atoms with Crippen LogP contribution >= 0.6 is 11.6 Å². The summed E-state index contributed by atoms with van der Waals surface area (Å²) in [6.07, 6.45) is 0. The molecule has 1 heterocycles. The zero-order valence-electron chi connectivity index (χ0n) is 15.4. The van der Waals surface area contributed by atoms with Crippen molar-refractivity contribution in [3.05, 3.63) is 90.0 Å². The second-order valence-electron chi connectivity index (χ2n) is 6.20. The molecule has 4 aromatic rings. The van der Waals surface area contributed by atoms with Gasteiger partial charge in [-0.05, 0) is 36.4 Å². The molecule has 0 amide bonds. The van der Waals surface area contributed by atoms with Crippen molar-refractivity contribution in [3.63, 3.8) is 0 Å². The van der Waals surface area contributed by atoms with E-state index in [1.807, 2.05) is 6.07 Å². The highest BCUT2D eigenvalue weighted by molar-refractivity contribution is 7.93. The molecule has 6 nitrogen and oxygen atoms in total. The third kappa shape index (κ3) is 4.16. The lowest BCUT2D eigenvalue weighted by atomic mass is 10.1. The van der Waals surface area contributed by atoms with Gasteiger partial charge in [-0.3, -0.25) is 4.72 Å². The molecule has 1 unspecified atom stereocenters. The van der Waals surface area contributed by atoms with Crippen LogP contribution in [0, 0.1) is 0 Å². The van der Waals surface area contributed by atoms with Gasteiger partial charge in [-0.25, -0.2) is 12.6 Å². The Kier molecular flexibility index (Phi) is 5.72. The highest BCUT2D eigenvalue weighted by Crippen LogP contribution is 2.36. The number of benzene rings is 3. The van der Waals surface area contributed by atoms with Crippen LogP contribution in [0.15, 0.2) is 104 Å². The summed E-state index contributed by atoms with van der Waals surface area (Å²) in [5.74, 6) is 0. The van der Waals surface area contributed by atoms with E-state index in [-0.39, 0.29) is 21.4 Å². The maximum absolute atomic E-state index is 13.1.